The number of nitrogens with one attached hydrogen (secondary N) is 1. The second kappa shape index (κ2) is 5.96. The number of hydrogen-bond acceptors (Lipinski definition) is 4. The molecule has 0 saturated heterocycles. The Morgan fingerprint density at radius 3 is 2.87 bits per heavy atom. The van der Waals surface area contributed by atoms with Crippen LogP contribution >= 0.6 is 11.3 Å². The molecule has 3 aromatic rings. The zero-order valence-corrected chi connectivity index (χ0v) is 14.0. The zero-order valence-electron chi connectivity index (χ0n) is 13.2. The highest BCUT2D eigenvalue weighted by atomic mass is 32.1. The van der Waals surface area contributed by atoms with E-state index in [1.165, 1.54) is 11.3 Å². The van der Waals surface area contributed by atoms with Crippen molar-refractivity contribution in [3.63, 3.8) is 0 Å². The molecule has 6 heteroatoms. The third kappa shape index (κ3) is 2.90. The molecule has 0 saturated carbocycles. The van der Waals surface area contributed by atoms with Gasteiger partial charge < -0.3 is 9.88 Å². The van der Waals surface area contributed by atoms with Gasteiger partial charge in [-0.2, -0.15) is 0 Å². The van der Waals surface area contributed by atoms with Crippen LogP contribution in [0.1, 0.15) is 27.3 Å². The van der Waals surface area contributed by atoms with Crippen LogP contribution in [0.15, 0.2) is 34.4 Å². The average molecular weight is 327 g/mol. The maximum Gasteiger partial charge on any atom is 0.268 e. The van der Waals surface area contributed by atoms with E-state index in [0.29, 0.717) is 21.6 Å². The lowest BCUT2D eigenvalue weighted by atomic mass is 10.0. The monoisotopic (exact) mass is 327 g/mol. The van der Waals surface area contributed by atoms with Gasteiger partial charge in [-0.3, -0.25) is 9.59 Å². The second-order valence-corrected chi connectivity index (χ2v) is 6.47. The minimum atomic E-state index is -0.160. The van der Waals surface area contributed by atoms with E-state index in [-0.39, 0.29) is 18.0 Å². The van der Waals surface area contributed by atoms with Gasteiger partial charge in [-0.1, -0.05) is 12.1 Å². The minimum Gasteiger partial charge on any atom is -0.334 e. The summed E-state index contributed by atoms with van der Waals surface area (Å²) in [7, 11) is 1.71. The highest BCUT2D eigenvalue weighted by molar-refractivity contribution is 7.17. The molecule has 0 fully saturated rings. The summed E-state index contributed by atoms with van der Waals surface area (Å²) in [4.78, 5) is 33.4. The van der Waals surface area contributed by atoms with Crippen LogP contribution in [0.5, 0.6) is 0 Å². The number of carbonyl (C=O) groups excluding carboxylic acids is 1. The molecule has 0 bridgehead atoms. The first-order valence-corrected chi connectivity index (χ1v) is 8.13. The summed E-state index contributed by atoms with van der Waals surface area (Å²) in [6.45, 7) is 4.18. The van der Waals surface area contributed by atoms with Gasteiger partial charge >= 0.3 is 0 Å². The van der Waals surface area contributed by atoms with Crippen LogP contribution in [0.3, 0.4) is 0 Å². The lowest BCUT2D eigenvalue weighted by Gasteiger charge is -2.18. The van der Waals surface area contributed by atoms with E-state index in [2.05, 4.69) is 9.97 Å². The molecule has 2 aromatic heterocycles. The van der Waals surface area contributed by atoms with Gasteiger partial charge in [-0.25, -0.2) is 4.98 Å². The molecule has 1 aromatic carbocycles. The number of aromatic amines is 1. The SMILES string of the molecule is Cc1cccc(C(=O)N(C)Cc2nc3ccsc3c(=O)[nH]2)c1C. The molecule has 1 N–H and O–H groups in total. The van der Waals surface area contributed by atoms with Crippen LogP contribution < -0.4 is 5.56 Å². The minimum absolute atomic E-state index is 0.0840. The zero-order chi connectivity index (χ0) is 16.6. The predicted molar refractivity (Wildman–Crippen MR) is 92.0 cm³/mol. The molecule has 0 aliphatic carbocycles. The number of H-pyrrole nitrogens is 1. The number of amides is 1. The molecule has 23 heavy (non-hydrogen) atoms. The van der Waals surface area contributed by atoms with Gasteiger partial charge in [0.1, 0.15) is 10.5 Å². The first-order chi connectivity index (χ1) is 11.0. The Labute approximate surface area is 137 Å². The molecule has 0 radical (unpaired) electrons. The summed E-state index contributed by atoms with van der Waals surface area (Å²) in [5, 5.41) is 1.83. The number of aryl methyl sites for hydroxylation is 1. The van der Waals surface area contributed by atoms with E-state index in [9.17, 15) is 9.59 Å². The second-order valence-electron chi connectivity index (χ2n) is 5.56. The number of rotatable bonds is 3. The van der Waals surface area contributed by atoms with E-state index in [1.807, 2.05) is 43.5 Å². The van der Waals surface area contributed by atoms with Crippen molar-refractivity contribution >= 4 is 27.5 Å². The molecule has 118 valence electrons. The number of aromatic nitrogens is 2. The third-order valence-electron chi connectivity index (χ3n) is 3.93. The lowest BCUT2D eigenvalue weighted by molar-refractivity contribution is 0.0780. The molecule has 0 aliphatic heterocycles. The first-order valence-electron chi connectivity index (χ1n) is 7.25. The topological polar surface area (TPSA) is 66.1 Å². The molecule has 0 atom stereocenters. The van der Waals surface area contributed by atoms with Crippen LogP contribution in [-0.4, -0.2) is 27.8 Å². The lowest BCUT2D eigenvalue weighted by Crippen LogP contribution is -2.28. The van der Waals surface area contributed by atoms with Crippen LogP contribution in [0.2, 0.25) is 0 Å². The van der Waals surface area contributed by atoms with E-state index >= 15 is 0 Å². The van der Waals surface area contributed by atoms with Gasteiger partial charge in [-0.15, -0.1) is 11.3 Å². The van der Waals surface area contributed by atoms with Gasteiger partial charge in [-0.05, 0) is 42.5 Å². The molecular weight excluding hydrogens is 310 g/mol. The molecule has 5 nitrogen and oxygen atoms in total. The summed E-state index contributed by atoms with van der Waals surface area (Å²) >= 11 is 1.36. The molecular formula is C17H17N3O2S. The van der Waals surface area contributed by atoms with Crippen molar-refractivity contribution in [3.8, 4) is 0 Å². The Morgan fingerprint density at radius 1 is 1.30 bits per heavy atom. The number of carbonyl (C=O) groups is 1. The van der Waals surface area contributed by atoms with E-state index < -0.39 is 0 Å². The summed E-state index contributed by atoms with van der Waals surface area (Å²) in [6, 6.07) is 7.49. The Hall–Kier alpha value is -2.47. The van der Waals surface area contributed by atoms with E-state index in [4.69, 9.17) is 0 Å². The van der Waals surface area contributed by atoms with Crippen molar-refractivity contribution in [1.29, 1.82) is 0 Å². The smallest absolute Gasteiger partial charge is 0.268 e. The Morgan fingerprint density at radius 2 is 2.09 bits per heavy atom. The van der Waals surface area contributed by atoms with E-state index in [0.717, 1.165) is 11.1 Å². The average Bonchev–Trinajstić information content (AvgIpc) is 2.98. The van der Waals surface area contributed by atoms with Crippen molar-refractivity contribution in [2.75, 3.05) is 7.05 Å². The van der Waals surface area contributed by atoms with Crippen molar-refractivity contribution in [2.24, 2.45) is 0 Å². The number of nitrogens with zero attached hydrogens (tertiary/aromatic N) is 2. The Kier molecular flexibility index (Phi) is 4.00. The maximum atomic E-state index is 12.6. The fourth-order valence-corrected chi connectivity index (χ4v) is 3.21. The van der Waals surface area contributed by atoms with Gasteiger partial charge in [0.25, 0.3) is 11.5 Å². The van der Waals surface area contributed by atoms with Crippen molar-refractivity contribution in [1.82, 2.24) is 14.9 Å². The van der Waals surface area contributed by atoms with Crippen LogP contribution in [0.4, 0.5) is 0 Å². The molecule has 0 unspecified atom stereocenters. The van der Waals surface area contributed by atoms with E-state index in [1.54, 1.807) is 11.9 Å². The summed E-state index contributed by atoms with van der Waals surface area (Å²) < 4.78 is 0.609. The van der Waals surface area contributed by atoms with Gasteiger partial charge in [0.05, 0.1) is 12.1 Å². The molecule has 2 heterocycles. The number of fused-ring (bicyclic) bond motifs is 1. The van der Waals surface area contributed by atoms with Crippen LogP contribution in [-0.2, 0) is 6.54 Å². The van der Waals surface area contributed by atoms with Crippen LogP contribution in [0, 0.1) is 13.8 Å². The quantitative estimate of drug-likeness (QED) is 0.804. The summed E-state index contributed by atoms with van der Waals surface area (Å²) in [6.07, 6.45) is 0. The predicted octanol–water partition coefficient (Wildman–Crippen LogP) is 2.87. The maximum absolute atomic E-state index is 12.6. The molecule has 3 rings (SSSR count). The fourth-order valence-electron chi connectivity index (χ4n) is 2.48. The van der Waals surface area contributed by atoms with Gasteiger partial charge in [0, 0.05) is 12.6 Å². The molecule has 0 aliphatic rings. The Balaban J connectivity index is 1.88. The van der Waals surface area contributed by atoms with Crippen molar-refractivity contribution < 1.29 is 4.79 Å². The van der Waals surface area contributed by atoms with Crippen LogP contribution in [0.25, 0.3) is 10.2 Å². The van der Waals surface area contributed by atoms with Crippen molar-refractivity contribution in [3.05, 3.63) is 62.5 Å². The normalized spacial score (nSPS) is 10.9. The number of benzene rings is 1. The highest BCUT2D eigenvalue weighted by Crippen LogP contribution is 2.16. The largest absolute Gasteiger partial charge is 0.334 e. The standard InChI is InChI=1S/C17H17N3O2S/c1-10-5-4-6-12(11(10)2)17(22)20(3)9-14-18-13-7-8-23-15(13)16(21)19-14/h4-8H,9H2,1-3H3,(H,18,19,21). The number of thiophene rings is 1. The third-order valence-corrected chi connectivity index (χ3v) is 4.83. The van der Waals surface area contributed by atoms with Gasteiger partial charge in [0.15, 0.2) is 0 Å². The number of hydrogen-bond donors (Lipinski definition) is 1. The Bertz CT molecular complexity index is 942. The summed E-state index contributed by atoms with van der Waals surface area (Å²) in [5.41, 5.74) is 3.23. The fraction of sp³-hybridized carbons (Fsp3) is 0.235. The molecule has 1 amide bonds. The molecule has 0 spiro atoms. The highest BCUT2D eigenvalue weighted by Gasteiger charge is 2.16. The van der Waals surface area contributed by atoms with Crippen molar-refractivity contribution in [2.45, 2.75) is 20.4 Å². The van der Waals surface area contributed by atoms with Gasteiger partial charge in [0.2, 0.25) is 0 Å². The first kappa shape index (κ1) is 15.4. The summed E-state index contributed by atoms with van der Waals surface area (Å²) in [5.74, 6) is 0.404.